The first-order chi connectivity index (χ1) is 10.2. The van der Waals surface area contributed by atoms with Crippen LogP contribution in [0.2, 0.25) is 0 Å². The van der Waals surface area contributed by atoms with Crippen LogP contribution in [0.4, 0.5) is 0 Å². The van der Waals surface area contributed by atoms with Gasteiger partial charge in [0.15, 0.2) is 0 Å². The van der Waals surface area contributed by atoms with Crippen molar-refractivity contribution < 1.29 is 14.3 Å². The summed E-state index contributed by atoms with van der Waals surface area (Å²) in [5.74, 6) is 0.818. The summed E-state index contributed by atoms with van der Waals surface area (Å²) in [6.07, 6.45) is 1.58. The molecule has 0 unspecified atom stereocenters. The number of hydrogen-bond acceptors (Lipinski definition) is 4. The molecule has 2 rings (SSSR count). The second-order valence-electron chi connectivity index (χ2n) is 4.12. The van der Waals surface area contributed by atoms with Crippen molar-refractivity contribution >= 4 is 21.8 Å². The van der Waals surface area contributed by atoms with Crippen molar-refractivity contribution in [3.63, 3.8) is 0 Å². The van der Waals surface area contributed by atoms with E-state index in [0.717, 1.165) is 10.2 Å². The Bertz CT molecular complexity index is 619. The number of ether oxygens (including phenoxy) is 2. The van der Waals surface area contributed by atoms with Crippen molar-refractivity contribution in [2.45, 2.75) is 0 Å². The highest BCUT2D eigenvalue weighted by molar-refractivity contribution is 9.10. The fourth-order valence-electron chi connectivity index (χ4n) is 1.71. The monoisotopic (exact) mass is 350 g/mol. The topological polar surface area (TPSA) is 60.5 Å². The van der Waals surface area contributed by atoms with Gasteiger partial charge in [0.05, 0.1) is 13.7 Å². The molecule has 0 aliphatic carbocycles. The van der Waals surface area contributed by atoms with E-state index in [1.54, 1.807) is 18.3 Å². The van der Waals surface area contributed by atoms with Crippen LogP contribution in [0.25, 0.3) is 0 Å². The van der Waals surface area contributed by atoms with Crippen molar-refractivity contribution in [1.82, 2.24) is 10.3 Å². The molecule has 1 aromatic heterocycles. The van der Waals surface area contributed by atoms with Crippen LogP contribution in [0.5, 0.6) is 11.6 Å². The zero-order valence-corrected chi connectivity index (χ0v) is 13.1. The maximum Gasteiger partial charge on any atom is 0.256 e. The molecule has 0 saturated carbocycles. The quantitative estimate of drug-likeness (QED) is 0.813. The third-order valence-electron chi connectivity index (χ3n) is 2.66. The molecular formula is C15H15BrN2O3. The van der Waals surface area contributed by atoms with Gasteiger partial charge in [-0.25, -0.2) is 4.98 Å². The molecule has 21 heavy (non-hydrogen) atoms. The average Bonchev–Trinajstić information content (AvgIpc) is 2.51. The number of nitrogens with zero attached hydrogens (tertiary/aromatic N) is 1. The Kier molecular flexibility index (Phi) is 5.57. The summed E-state index contributed by atoms with van der Waals surface area (Å²) in [6, 6.07) is 10.9. The van der Waals surface area contributed by atoms with E-state index in [1.165, 1.54) is 7.11 Å². The molecule has 5 nitrogen and oxygen atoms in total. The van der Waals surface area contributed by atoms with Gasteiger partial charge in [-0.2, -0.15) is 0 Å². The van der Waals surface area contributed by atoms with E-state index in [2.05, 4.69) is 26.2 Å². The minimum Gasteiger partial charge on any atom is -0.492 e. The number of pyridine rings is 1. The highest BCUT2D eigenvalue weighted by Gasteiger charge is 2.11. The summed E-state index contributed by atoms with van der Waals surface area (Å²) in [7, 11) is 1.48. The molecule has 1 heterocycles. The smallest absolute Gasteiger partial charge is 0.256 e. The average molecular weight is 351 g/mol. The third-order valence-corrected chi connectivity index (χ3v) is 3.15. The van der Waals surface area contributed by atoms with Gasteiger partial charge in [-0.15, -0.1) is 0 Å². The van der Waals surface area contributed by atoms with Gasteiger partial charge in [0.25, 0.3) is 5.91 Å². The Hall–Kier alpha value is -2.08. The molecule has 6 heteroatoms. The molecule has 0 fully saturated rings. The zero-order valence-electron chi connectivity index (χ0n) is 11.5. The van der Waals surface area contributed by atoms with E-state index in [4.69, 9.17) is 9.47 Å². The first kappa shape index (κ1) is 15.3. The number of carbonyl (C=O) groups is 1. The van der Waals surface area contributed by atoms with Crippen LogP contribution in [0.1, 0.15) is 10.4 Å². The van der Waals surface area contributed by atoms with Crippen molar-refractivity contribution in [2.75, 3.05) is 20.3 Å². The van der Waals surface area contributed by atoms with E-state index in [0.29, 0.717) is 24.6 Å². The fraction of sp³-hybridized carbons (Fsp3) is 0.200. The Morgan fingerprint density at radius 1 is 1.33 bits per heavy atom. The molecule has 2 aromatic rings. The number of aromatic nitrogens is 1. The summed E-state index contributed by atoms with van der Waals surface area (Å²) in [5, 5.41) is 2.76. The number of halogens is 1. The Labute approximate surface area is 131 Å². The summed E-state index contributed by atoms with van der Waals surface area (Å²) in [5.41, 5.74) is 0.405. The molecule has 1 aromatic carbocycles. The van der Waals surface area contributed by atoms with Gasteiger partial charge >= 0.3 is 0 Å². The van der Waals surface area contributed by atoms with Crippen molar-refractivity contribution in [3.8, 4) is 11.6 Å². The molecule has 0 aliphatic heterocycles. The molecule has 0 saturated heterocycles. The summed E-state index contributed by atoms with van der Waals surface area (Å²) in [6.45, 7) is 0.772. The van der Waals surface area contributed by atoms with E-state index >= 15 is 0 Å². The minimum atomic E-state index is -0.238. The number of methoxy groups -OCH3 is 1. The molecule has 1 N–H and O–H groups in total. The Morgan fingerprint density at radius 2 is 2.19 bits per heavy atom. The lowest BCUT2D eigenvalue weighted by molar-refractivity contribution is 0.0943. The second kappa shape index (κ2) is 7.64. The molecular weight excluding hydrogens is 336 g/mol. The lowest BCUT2D eigenvalue weighted by Crippen LogP contribution is -2.28. The SMILES string of the molecule is COc1ncccc1C(=O)NCCOc1cccc(Br)c1. The molecule has 0 radical (unpaired) electrons. The van der Waals surface area contributed by atoms with Gasteiger partial charge in [-0.1, -0.05) is 22.0 Å². The number of nitrogens with one attached hydrogen (secondary N) is 1. The van der Waals surface area contributed by atoms with Crippen LogP contribution in [-0.2, 0) is 0 Å². The number of amides is 1. The van der Waals surface area contributed by atoms with Crippen LogP contribution in [0, 0.1) is 0 Å². The van der Waals surface area contributed by atoms with Crippen LogP contribution in [0.15, 0.2) is 47.1 Å². The molecule has 110 valence electrons. The van der Waals surface area contributed by atoms with Crippen LogP contribution in [-0.4, -0.2) is 31.2 Å². The standard InChI is InChI=1S/C15H15BrN2O3/c1-20-15-13(6-3-7-18-15)14(19)17-8-9-21-12-5-2-4-11(16)10-12/h2-7,10H,8-9H2,1H3,(H,17,19). The first-order valence-corrected chi connectivity index (χ1v) is 7.15. The van der Waals surface area contributed by atoms with E-state index in [1.807, 2.05) is 24.3 Å². The highest BCUT2D eigenvalue weighted by atomic mass is 79.9. The number of rotatable bonds is 6. The van der Waals surface area contributed by atoms with Crippen molar-refractivity contribution in [2.24, 2.45) is 0 Å². The van der Waals surface area contributed by atoms with Gasteiger partial charge in [-0.3, -0.25) is 4.79 Å². The van der Waals surface area contributed by atoms with Crippen LogP contribution < -0.4 is 14.8 Å². The molecule has 1 amide bonds. The van der Waals surface area contributed by atoms with E-state index in [9.17, 15) is 4.79 Å². The zero-order chi connectivity index (χ0) is 15.1. The third kappa shape index (κ3) is 4.46. The molecule has 0 spiro atoms. The number of hydrogen-bond donors (Lipinski definition) is 1. The molecule has 0 bridgehead atoms. The van der Waals surface area contributed by atoms with Gasteiger partial charge in [-0.05, 0) is 30.3 Å². The Balaban J connectivity index is 1.82. The maximum atomic E-state index is 12.0. The highest BCUT2D eigenvalue weighted by Crippen LogP contribution is 2.17. The predicted molar refractivity (Wildman–Crippen MR) is 82.8 cm³/mol. The van der Waals surface area contributed by atoms with Gasteiger partial charge in [0.1, 0.15) is 17.9 Å². The summed E-state index contributed by atoms with van der Waals surface area (Å²) >= 11 is 3.37. The van der Waals surface area contributed by atoms with Gasteiger partial charge in [0, 0.05) is 10.7 Å². The fourth-order valence-corrected chi connectivity index (χ4v) is 2.09. The maximum absolute atomic E-state index is 12.0. The largest absolute Gasteiger partial charge is 0.492 e. The molecule has 0 aliphatic rings. The van der Waals surface area contributed by atoms with Crippen molar-refractivity contribution in [3.05, 3.63) is 52.6 Å². The van der Waals surface area contributed by atoms with E-state index in [-0.39, 0.29) is 5.91 Å². The van der Waals surface area contributed by atoms with Gasteiger partial charge < -0.3 is 14.8 Å². The van der Waals surface area contributed by atoms with Crippen LogP contribution >= 0.6 is 15.9 Å². The first-order valence-electron chi connectivity index (χ1n) is 6.36. The Morgan fingerprint density at radius 3 is 2.95 bits per heavy atom. The number of benzene rings is 1. The number of carbonyl (C=O) groups excluding carboxylic acids is 1. The summed E-state index contributed by atoms with van der Waals surface area (Å²) < 4.78 is 11.5. The van der Waals surface area contributed by atoms with E-state index < -0.39 is 0 Å². The summed E-state index contributed by atoms with van der Waals surface area (Å²) in [4.78, 5) is 16.0. The van der Waals surface area contributed by atoms with Crippen LogP contribution in [0.3, 0.4) is 0 Å². The predicted octanol–water partition coefficient (Wildman–Crippen LogP) is 2.66. The molecule has 0 atom stereocenters. The van der Waals surface area contributed by atoms with Crippen molar-refractivity contribution in [1.29, 1.82) is 0 Å². The minimum absolute atomic E-state index is 0.238. The lowest BCUT2D eigenvalue weighted by atomic mass is 10.2. The normalized spacial score (nSPS) is 10.0. The lowest BCUT2D eigenvalue weighted by Gasteiger charge is -2.09. The van der Waals surface area contributed by atoms with Gasteiger partial charge in [0.2, 0.25) is 5.88 Å². The second-order valence-corrected chi connectivity index (χ2v) is 5.04.